The van der Waals surface area contributed by atoms with E-state index in [0.29, 0.717) is 18.8 Å². The van der Waals surface area contributed by atoms with Crippen LogP contribution in [0.15, 0.2) is 36.9 Å². The van der Waals surface area contributed by atoms with Gasteiger partial charge in [0.25, 0.3) is 5.91 Å². The second-order valence-corrected chi connectivity index (χ2v) is 6.96. The Hall–Kier alpha value is -2.96. The molecule has 7 heteroatoms. The van der Waals surface area contributed by atoms with Gasteiger partial charge in [-0.1, -0.05) is 0 Å². The number of hydrogen-bond donors (Lipinski definition) is 0. The quantitative estimate of drug-likeness (QED) is 0.724. The van der Waals surface area contributed by atoms with Crippen LogP contribution in [0, 0.1) is 6.92 Å². The molecule has 0 aliphatic carbocycles. The predicted octanol–water partition coefficient (Wildman–Crippen LogP) is 2.13. The molecular weight excluding hydrogens is 328 g/mol. The van der Waals surface area contributed by atoms with Crippen molar-refractivity contribution in [3.8, 4) is 0 Å². The largest absolute Gasteiger partial charge is 0.361 e. The fraction of sp³-hybridized carbons (Fsp3) is 0.368. The Labute approximate surface area is 152 Å². The van der Waals surface area contributed by atoms with Crippen molar-refractivity contribution >= 4 is 17.2 Å². The molecule has 26 heavy (non-hydrogen) atoms. The summed E-state index contributed by atoms with van der Waals surface area (Å²) in [6.45, 7) is 3.22. The predicted molar refractivity (Wildman–Crippen MR) is 99.5 cm³/mol. The molecular formula is C19H22N6O. The van der Waals surface area contributed by atoms with E-state index in [0.717, 1.165) is 29.1 Å². The van der Waals surface area contributed by atoms with Gasteiger partial charge in [0.15, 0.2) is 5.82 Å². The second-order valence-electron chi connectivity index (χ2n) is 6.96. The van der Waals surface area contributed by atoms with Crippen LogP contribution in [0.4, 0.5) is 5.82 Å². The molecule has 1 fully saturated rings. The number of likely N-dealkylation sites (tertiary alicyclic amines) is 1. The molecule has 0 bridgehead atoms. The summed E-state index contributed by atoms with van der Waals surface area (Å²) < 4.78 is 2.10. The van der Waals surface area contributed by atoms with E-state index in [9.17, 15) is 4.79 Å². The lowest BCUT2D eigenvalue weighted by Crippen LogP contribution is -2.29. The summed E-state index contributed by atoms with van der Waals surface area (Å²) in [6, 6.07) is 4.08. The van der Waals surface area contributed by atoms with Gasteiger partial charge in [-0.05, 0) is 25.5 Å². The number of carbonyl (C=O) groups excluding carboxylic acids is 1. The number of carbonyl (C=O) groups is 1. The molecule has 0 saturated carbocycles. The molecule has 0 unspecified atom stereocenters. The first-order valence-electron chi connectivity index (χ1n) is 8.76. The summed E-state index contributed by atoms with van der Waals surface area (Å²) in [5.41, 5.74) is 3.31. The zero-order valence-corrected chi connectivity index (χ0v) is 15.3. The maximum absolute atomic E-state index is 12.7. The van der Waals surface area contributed by atoms with Crippen LogP contribution in [0.5, 0.6) is 0 Å². The Morgan fingerprint density at radius 3 is 2.85 bits per heavy atom. The first-order chi connectivity index (χ1) is 12.5. The standard InChI is InChI=1S/C19H22N6O/c1-13-9-21-15(10-20-13)19(26)25-8-6-14(11-25)16-12-24-7-4-5-17(24)18(22-16)23(2)3/h4-5,7,9-10,12,14H,6,8,11H2,1-3H3/t14-/m1/s1. The third-order valence-corrected chi connectivity index (χ3v) is 4.83. The molecule has 0 spiro atoms. The van der Waals surface area contributed by atoms with Crippen molar-refractivity contribution in [1.29, 1.82) is 0 Å². The number of rotatable bonds is 3. The molecule has 3 aromatic rings. The van der Waals surface area contributed by atoms with Crippen LogP contribution in [0.1, 0.15) is 34.2 Å². The molecule has 4 heterocycles. The number of hydrogen-bond acceptors (Lipinski definition) is 5. The van der Waals surface area contributed by atoms with Crippen LogP contribution in [0.25, 0.3) is 5.52 Å². The van der Waals surface area contributed by atoms with E-state index < -0.39 is 0 Å². The molecule has 4 rings (SSSR count). The molecule has 1 aliphatic heterocycles. The first kappa shape index (κ1) is 16.5. The highest BCUT2D eigenvalue weighted by Gasteiger charge is 2.30. The van der Waals surface area contributed by atoms with Gasteiger partial charge in [-0.25, -0.2) is 9.97 Å². The van der Waals surface area contributed by atoms with Crippen LogP contribution < -0.4 is 4.90 Å². The lowest BCUT2D eigenvalue weighted by molar-refractivity contribution is 0.0784. The maximum atomic E-state index is 12.7. The van der Waals surface area contributed by atoms with Crippen molar-refractivity contribution in [3.05, 3.63) is 54.0 Å². The fourth-order valence-corrected chi connectivity index (χ4v) is 3.42. The van der Waals surface area contributed by atoms with Crippen molar-refractivity contribution in [3.63, 3.8) is 0 Å². The third kappa shape index (κ3) is 2.89. The Morgan fingerprint density at radius 2 is 2.12 bits per heavy atom. The van der Waals surface area contributed by atoms with Crippen molar-refractivity contribution in [1.82, 2.24) is 24.3 Å². The number of amides is 1. The lowest BCUT2D eigenvalue weighted by atomic mass is 10.1. The molecule has 1 atom stereocenters. The molecule has 1 aliphatic rings. The summed E-state index contributed by atoms with van der Waals surface area (Å²) in [6.07, 6.45) is 8.20. The molecule has 1 saturated heterocycles. The topological polar surface area (TPSA) is 66.6 Å². The van der Waals surface area contributed by atoms with Gasteiger partial charge in [0.1, 0.15) is 5.69 Å². The van der Waals surface area contributed by atoms with Crippen LogP contribution in [-0.4, -0.2) is 57.3 Å². The van der Waals surface area contributed by atoms with Gasteiger partial charge >= 0.3 is 0 Å². The Morgan fingerprint density at radius 1 is 1.27 bits per heavy atom. The Bertz CT molecular complexity index is 946. The lowest BCUT2D eigenvalue weighted by Gasteiger charge is -2.18. The van der Waals surface area contributed by atoms with E-state index in [2.05, 4.69) is 26.6 Å². The van der Waals surface area contributed by atoms with Gasteiger partial charge in [-0.2, -0.15) is 0 Å². The van der Waals surface area contributed by atoms with Crippen molar-refractivity contribution in [2.75, 3.05) is 32.1 Å². The second kappa shape index (κ2) is 6.40. The fourth-order valence-electron chi connectivity index (χ4n) is 3.42. The Kier molecular flexibility index (Phi) is 4.06. The number of aryl methyl sites for hydroxylation is 1. The highest BCUT2D eigenvalue weighted by atomic mass is 16.2. The summed E-state index contributed by atoms with van der Waals surface area (Å²) in [5, 5.41) is 0. The smallest absolute Gasteiger partial charge is 0.274 e. The van der Waals surface area contributed by atoms with Crippen molar-refractivity contribution < 1.29 is 4.79 Å². The number of fused-ring (bicyclic) bond motifs is 1. The van der Waals surface area contributed by atoms with E-state index in [-0.39, 0.29) is 11.8 Å². The molecule has 0 N–H and O–H groups in total. The van der Waals surface area contributed by atoms with Gasteiger partial charge in [-0.15, -0.1) is 0 Å². The van der Waals surface area contributed by atoms with Crippen LogP contribution in [-0.2, 0) is 0 Å². The monoisotopic (exact) mass is 350 g/mol. The molecule has 0 aromatic carbocycles. The number of anilines is 1. The van der Waals surface area contributed by atoms with Crippen LogP contribution >= 0.6 is 0 Å². The zero-order chi connectivity index (χ0) is 18.3. The van der Waals surface area contributed by atoms with E-state index in [1.54, 1.807) is 12.4 Å². The Balaban J connectivity index is 1.58. The van der Waals surface area contributed by atoms with Gasteiger partial charge < -0.3 is 14.2 Å². The van der Waals surface area contributed by atoms with Gasteiger partial charge in [0.05, 0.1) is 23.1 Å². The van der Waals surface area contributed by atoms with Gasteiger partial charge in [-0.3, -0.25) is 9.78 Å². The summed E-state index contributed by atoms with van der Waals surface area (Å²) in [4.78, 5) is 29.8. The van der Waals surface area contributed by atoms with E-state index in [4.69, 9.17) is 4.98 Å². The van der Waals surface area contributed by atoms with Crippen molar-refractivity contribution in [2.24, 2.45) is 0 Å². The van der Waals surface area contributed by atoms with Crippen LogP contribution in [0.3, 0.4) is 0 Å². The highest BCUT2D eigenvalue weighted by Crippen LogP contribution is 2.29. The minimum absolute atomic E-state index is 0.0603. The molecule has 0 radical (unpaired) electrons. The number of nitrogens with zero attached hydrogens (tertiary/aromatic N) is 6. The molecule has 1 amide bonds. The van der Waals surface area contributed by atoms with Crippen LogP contribution in [0.2, 0.25) is 0 Å². The summed E-state index contributed by atoms with van der Waals surface area (Å²) >= 11 is 0. The maximum Gasteiger partial charge on any atom is 0.274 e. The normalized spacial score (nSPS) is 17.0. The SMILES string of the molecule is Cc1cnc(C(=O)N2CC[C@@H](c3cn4cccc4c(N(C)C)n3)C2)cn1. The molecule has 7 nitrogen and oxygen atoms in total. The first-order valence-corrected chi connectivity index (χ1v) is 8.76. The van der Waals surface area contributed by atoms with Gasteiger partial charge in [0.2, 0.25) is 0 Å². The highest BCUT2D eigenvalue weighted by molar-refractivity contribution is 5.92. The average molecular weight is 350 g/mol. The minimum Gasteiger partial charge on any atom is -0.361 e. The van der Waals surface area contributed by atoms with E-state index in [1.807, 2.05) is 43.1 Å². The molecule has 134 valence electrons. The number of aromatic nitrogens is 4. The van der Waals surface area contributed by atoms with Gasteiger partial charge in [0, 0.05) is 51.7 Å². The zero-order valence-electron chi connectivity index (χ0n) is 15.3. The van der Waals surface area contributed by atoms with Crippen molar-refractivity contribution in [2.45, 2.75) is 19.3 Å². The molecule has 3 aromatic heterocycles. The van der Waals surface area contributed by atoms with E-state index in [1.165, 1.54) is 0 Å². The summed E-state index contributed by atoms with van der Waals surface area (Å²) in [5.74, 6) is 1.11. The average Bonchev–Trinajstić information content (AvgIpc) is 3.30. The summed E-state index contributed by atoms with van der Waals surface area (Å²) in [7, 11) is 4.00. The third-order valence-electron chi connectivity index (χ3n) is 4.83. The van der Waals surface area contributed by atoms with E-state index >= 15 is 0 Å². The minimum atomic E-state index is -0.0603.